The molecule has 1 fully saturated rings. The van der Waals surface area contributed by atoms with E-state index in [0.29, 0.717) is 24.5 Å². The summed E-state index contributed by atoms with van der Waals surface area (Å²) in [5, 5.41) is 0.652. The van der Waals surface area contributed by atoms with E-state index in [4.69, 9.17) is 16.3 Å². The third-order valence-electron chi connectivity index (χ3n) is 6.65. The normalized spacial score (nSPS) is 18.8. The Kier molecular flexibility index (Phi) is 5.03. The predicted molar refractivity (Wildman–Crippen MR) is 129 cm³/mol. The zero-order valence-corrected chi connectivity index (χ0v) is 18.8. The fourth-order valence-corrected chi connectivity index (χ4v) is 5.24. The number of carbonyl (C=O) groups is 1. The lowest BCUT2D eigenvalue weighted by atomic mass is 9.97. The number of anilines is 1. The van der Waals surface area contributed by atoms with Crippen molar-refractivity contribution in [1.82, 2.24) is 14.9 Å². The van der Waals surface area contributed by atoms with Gasteiger partial charge in [-0.2, -0.15) is 0 Å². The zero-order valence-electron chi connectivity index (χ0n) is 18.1. The molecule has 6 rings (SSSR count). The van der Waals surface area contributed by atoms with E-state index in [9.17, 15) is 4.79 Å². The Bertz CT molecular complexity index is 1250. The standard InChI is InChI=1S/C26H23ClN4O2/c27-18-14-17-15-24(26(32)31-12-10-30(11-13-31)19-4-7-28-8-5-19)33-25(17)22(16-18)20-6-9-29-23-3-1-2-21(20)23/h1-2,4-9,14,16,24H,3,10-13,15H2. The number of piperazine rings is 1. The van der Waals surface area contributed by atoms with E-state index in [1.54, 1.807) is 12.4 Å². The van der Waals surface area contributed by atoms with Crippen LogP contribution < -0.4 is 9.64 Å². The van der Waals surface area contributed by atoms with E-state index in [2.05, 4.69) is 27.0 Å². The lowest BCUT2D eigenvalue weighted by Crippen LogP contribution is -2.52. The molecule has 0 N–H and O–H groups in total. The van der Waals surface area contributed by atoms with Gasteiger partial charge in [-0.25, -0.2) is 0 Å². The monoisotopic (exact) mass is 458 g/mol. The number of hydrogen-bond acceptors (Lipinski definition) is 5. The van der Waals surface area contributed by atoms with E-state index in [1.165, 1.54) is 0 Å². The second kappa shape index (κ2) is 8.19. The molecule has 1 unspecified atom stereocenters. The highest BCUT2D eigenvalue weighted by molar-refractivity contribution is 6.31. The molecule has 2 aliphatic heterocycles. The SMILES string of the molecule is O=C(C1Cc2cc(Cl)cc(-c3ccnc4c3C=CC4)c2O1)N1CCN(c2ccncc2)CC1. The molecule has 2 aromatic heterocycles. The Hall–Kier alpha value is -3.38. The number of nitrogens with zero attached hydrogens (tertiary/aromatic N) is 4. The Labute approximate surface area is 197 Å². The third kappa shape index (κ3) is 3.64. The minimum Gasteiger partial charge on any atom is -0.479 e. The topological polar surface area (TPSA) is 58.6 Å². The highest BCUT2D eigenvalue weighted by atomic mass is 35.5. The average molecular weight is 459 g/mol. The van der Waals surface area contributed by atoms with Gasteiger partial charge in [0.05, 0.1) is 5.69 Å². The molecule has 0 saturated carbocycles. The van der Waals surface area contributed by atoms with Crippen LogP contribution in [0.25, 0.3) is 17.2 Å². The molecule has 3 aromatic rings. The molecule has 1 aliphatic carbocycles. The van der Waals surface area contributed by atoms with Gasteiger partial charge in [0.2, 0.25) is 0 Å². The molecule has 0 spiro atoms. The Morgan fingerprint density at radius 1 is 1.03 bits per heavy atom. The summed E-state index contributed by atoms with van der Waals surface area (Å²) >= 11 is 6.49. The quantitative estimate of drug-likeness (QED) is 0.593. The number of allylic oxidation sites excluding steroid dienone is 1. The van der Waals surface area contributed by atoms with Crippen LogP contribution in [0.15, 0.2) is 55.0 Å². The summed E-state index contributed by atoms with van der Waals surface area (Å²) in [4.78, 5) is 26.1. The summed E-state index contributed by atoms with van der Waals surface area (Å²) in [6.45, 7) is 2.94. The van der Waals surface area contributed by atoms with Gasteiger partial charge >= 0.3 is 0 Å². The van der Waals surface area contributed by atoms with Gasteiger partial charge in [-0.3, -0.25) is 14.8 Å². The molecule has 1 amide bonds. The lowest BCUT2D eigenvalue weighted by molar-refractivity contribution is -0.138. The molecule has 6 nitrogen and oxygen atoms in total. The van der Waals surface area contributed by atoms with Crippen molar-refractivity contribution in [2.45, 2.75) is 18.9 Å². The van der Waals surface area contributed by atoms with Gasteiger partial charge in [0.15, 0.2) is 6.10 Å². The van der Waals surface area contributed by atoms with Crippen LogP contribution in [0.2, 0.25) is 5.02 Å². The molecular weight excluding hydrogens is 436 g/mol. The average Bonchev–Trinajstić information content (AvgIpc) is 3.51. The van der Waals surface area contributed by atoms with Crippen LogP contribution >= 0.6 is 11.6 Å². The summed E-state index contributed by atoms with van der Waals surface area (Å²) in [7, 11) is 0. The summed E-state index contributed by atoms with van der Waals surface area (Å²) in [6.07, 6.45) is 10.5. The van der Waals surface area contributed by atoms with Crippen LogP contribution in [-0.2, 0) is 17.6 Å². The summed E-state index contributed by atoms with van der Waals surface area (Å²) in [6, 6.07) is 9.86. The van der Waals surface area contributed by atoms with E-state index < -0.39 is 6.10 Å². The molecule has 3 aliphatic rings. The van der Waals surface area contributed by atoms with E-state index in [0.717, 1.165) is 58.9 Å². The molecular formula is C26H23ClN4O2. The summed E-state index contributed by atoms with van der Waals surface area (Å²) < 4.78 is 6.32. The van der Waals surface area contributed by atoms with Gasteiger partial charge in [-0.15, -0.1) is 0 Å². The molecule has 33 heavy (non-hydrogen) atoms. The smallest absolute Gasteiger partial charge is 0.264 e. The fourth-order valence-electron chi connectivity index (χ4n) is 4.99. The Morgan fingerprint density at radius 2 is 1.85 bits per heavy atom. The molecule has 166 valence electrons. The maximum Gasteiger partial charge on any atom is 0.264 e. The Morgan fingerprint density at radius 3 is 2.67 bits per heavy atom. The van der Waals surface area contributed by atoms with E-state index in [1.807, 2.05) is 41.4 Å². The van der Waals surface area contributed by atoms with Crippen LogP contribution in [0.1, 0.15) is 16.8 Å². The maximum absolute atomic E-state index is 13.4. The highest BCUT2D eigenvalue weighted by Gasteiger charge is 2.36. The van der Waals surface area contributed by atoms with Crippen molar-refractivity contribution in [2.75, 3.05) is 31.1 Å². The molecule has 0 radical (unpaired) electrons. The van der Waals surface area contributed by atoms with Gasteiger partial charge < -0.3 is 14.5 Å². The molecule has 7 heteroatoms. The van der Waals surface area contributed by atoms with Gasteiger partial charge in [-0.05, 0) is 35.9 Å². The molecule has 0 bridgehead atoms. The molecule has 1 aromatic carbocycles. The summed E-state index contributed by atoms with van der Waals surface area (Å²) in [5.41, 5.74) is 6.26. The molecule has 1 atom stereocenters. The predicted octanol–water partition coefficient (Wildman–Crippen LogP) is 4.02. The van der Waals surface area contributed by atoms with Crippen LogP contribution in [0.4, 0.5) is 5.69 Å². The van der Waals surface area contributed by atoms with E-state index >= 15 is 0 Å². The van der Waals surface area contributed by atoms with E-state index in [-0.39, 0.29) is 5.91 Å². The lowest BCUT2D eigenvalue weighted by Gasteiger charge is -2.36. The van der Waals surface area contributed by atoms with Crippen molar-refractivity contribution in [2.24, 2.45) is 0 Å². The zero-order chi connectivity index (χ0) is 22.4. The summed E-state index contributed by atoms with van der Waals surface area (Å²) in [5.74, 6) is 0.810. The third-order valence-corrected chi connectivity index (χ3v) is 6.87. The maximum atomic E-state index is 13.4. The van der Waals surface area contributed by atoms with Crippen molar-refractivity contribution in [3.05, 3.63) is 76.8 Å². The number of amides is 1. The van der Waals surface area contributed by atoms with Crippen LogP contribution in [0, 0.1) is 0 Å². The van der Waals surface area contributed by atoms with Crippen molar-refractivity contribution < 1.29 is 9.53 Å². The number of halogens is 1. The number of pyridine rings is 2. The first-order valence-electron chi connectivity index (χ1n) is 11.2. The van der Waals surface area contributed by atoms with Gasteiger partial charge in [-0.1, -0.05) is 23.8 Å². The molecule has 4 heterocycles. The van der Waals surface area contributed by atoms with Crippen molar-refractivity contribution >= 4 is 29.3 Å². The van der Waals surface area contributed by atoms with Gasteiger partial charge in [0.25, 0.3) is 5.91 Å². The first kappa shape index (κ1) is 20.2. The van der Waals surface area contributed by atoms with Crippen LogP contribution in [0.5, 0.6) is 5.75 Å². The largest absolute Gasteiger partial charge is 0.479 e. The fraction of sp³-hybridized carbons (Fsp3) is 0.269. The number of rotatable bonds is 3. The van der Waals surface area contributed by atoms with Gasteiger partial charge in [0.1, 0.15) is 5.75 Å². The number of hydrogen-bond donors (Lipinski definition) is 0. The minimum atomic E-state index is -0.518. The van der Waals surface area contributed by atoms with Crippen LogP contribution in [-0.4, -0.2) is 53.1 Å². The first-order chi connectivity index (χ1) is 16.2. The first-order valence-corrected chi connectivity index (χ1v) is 11.6. The van der Waals surface area contributed by atoms with Crippen molar-refractivity contribution in [3.8, 4) is 16.9 Å². The number of carbonyl (C=O) groups excluding carboxylic acids is 1. The molecule has 1 saturated heterocycles. The second-order valence-electron chi connectivity index (χ2n) is 8.60. The Balaban J connectivity index is 1.21. The highest BCUT2D eigenvalue weighted by Crippen LogP contribution is 2.43. The number of benzene rings is 1. The van der Waals surface area contributed by atoms with Crippen molar-refractivity contribution in [1.29, 1.82) is 0 Å². The number of aromatic nitrogens is 2. The minimum absolute atomic E-state index is 0.0440. The van der Waals surface area contributed by atoms with Crippen molar-refractivity contribution in [3.63, 3.8) is 0 Å². The number of ether oxygens (including phenoxy) is 1. The van der Waals surface area contributed by atoms with Gasteiger partial charge in [0, 0.05) is 85.0 Å². The second-order valence-corrected chi connectivity index (χ2v) is 9.03. The number of fused-ring (bicyclic) bond motifs is 2. The van der Waals surface area contributed by atoms with Crippen LogP contribution in [0.3, 0.4) is 0 Å².